The molecule has 2 fully saturated rings. The van der Waals surface area contributed by atoms with Crippen molar-refractivity contribution in [3.05, 3.63) is 0 Å². The van der Waals surface area contributed by atoms with E-state index in [2.05, 4.69) is 5.32 Å². The highest BCUT2D eigenvalue weighted by Crippen LogP contribution is 2.22. The first-order chi connectivity index (χ1) is 6.58. The molecule has 2 saturated heterocycles. The molecule has 2 aliphatic rings. The molecule has 0 aliphatic carbocycles. The normalized spacial score (nSPS) is 28.7. The second-order valence-electron chi connectivity index (χ2n) is 3.62. The quantitative estimate of drug-likeness (QED) is 0.523. The zero-order valence-electron chi connectivity index (χ0n) is 7.40. The number of carbonyl (C=O) groups is 3. The van der Waals surface area contributed by atoms with Gasteiger partial charge in [-0.2, -0.15) is 0 Å². The number of likely N-dealkylation sites (tertiary alicyclic amines) is 1. The SMILES string of the molecule is O=C1CC(N2CC(C(=O)O)C2)C(=O)N1. The average molecular weight is 198 g/mol. The van der Waals surface area contributed by atoms with Crippen molar-refractivity contribution in [2.75, 3.05) is 13.1 Å². The van der Waals surface area contributed by atoms with Crippen molar-refractivity contribution >= 4 is 17.8 Å². The van der Waals surface area contributed by atoms with Crippen LogP contribution in [-0.2, 0) is 14.4 Å². The number of nitrogens with one attached hydrogen (secondary N) is 1. The number of aliphatic carboxylic acids is 1. The predicted molar refractivity (Wildman–Crippen MR) is 44.3 cm³/mol. The third-order valence-electron chi connectivity index (χ3n) is 2.64. The largest absolute Gasteiger partial charge is 0.481 e. The molecule has 0 radical (unpaired) electrons. The van der Waals surface area contributed by atoms with E-state index in [1.54, 1.807) is 4.90 Å². The van der Waals surface area contributed by atoms with E-state index < -0.39 is 17.9 Å². The van der Waals surface area contributed by atoms with E-state index in [0.717, 1.165) is 0 Å². The summed E-state index contributed by atoms with van der Waals surface area (Å²) in [6.45, 7) is 0.724. The molecule has 2 amide bonds. The summed E-state index contributed by atoms with van der Waals surface area (Å²) in [6, 6.07) is -0.446. The fourth-order valence-electron chi connectivity index (χ4n) is 1.76. The molecule has 2 aliphatic heterocycles. The van der Waals surface area contributed by atoms with Gasteiger partial charge in [0.25, 0.3) is 0 Å². The van der Waals surface area contributed by atoms with Crippen molar-refractivity contribution in [1.82, 2.24) is 10.2 Å². The average Bonchev–Trinajstić information content (AvgIpc) is 2.26. The van der Waals surface area contributed by atoms with Crippen LogP contribution in [-0.4, -0.2) is 46.9 Å². The number of hydrogen-bond acceptors (Lipinski definition) is 4. The van der Waals surface area contributed by atoms with Crippen molar-refractivity contribution in [2.24, 2.45) is 5.92 Å². The van der Waals surface area contributed by atoms with E-state index in [0.29, 0.717) is 13.1 Å². The van der Waals surface area contributed by atoms with Crippen LogP contribution in [0.2, 0.25) is 0 Å². The van der Waals surface area contributed by atoms with Crippen LogP contribution in [0.3, 0.4) is 0 Å². The van der Waals surface area contributed by atoms with E-state index in [1.165, 1.54) is 0 Å². The van der Waals surface area contributed by atoms with E-state index in [9.17, 15) is 14.4 Å². The Morgan fingerprint density at radius 3 is 2.50 bits per heavy atom. The lowest BCUT2D eigenvalue weighted by Crippen LogP contribution is -2.56. The summed E-state index contributed by atoms with van der Waals surface area (Å²) >= 11 is 0. The van der Waals surface area contributed by atoms with E-state index >= 15 is 0 Å². The topological polar surface area (TPSA) is 86.7 Å². The summed E-state index contributed by atoms with van der Waals surface area (Å²) in [4.78, 5) is 34.2. The van der Waals surface area contributed by atoms with Crippen molar-refractivity contribution in [3.8, 4) is 0 Å². The Labute approximate surface area is 79.9 Å². The third kappa shape index (κ3) is 1.37. The van der Waals surface area contributed by atoms with Crippen molar-refractivity contribution in [1.29, 1.82) is 0 Å². The molecule has 0 saturated carbocycles. The molecule has 2 heterocycles. The lowest BCUT2D eigenvalue weighted by molar-refractivity contribution is -0.150. The Kier molecular flexibility index (Phi) is 1.99. The lowest BCUT2D eigenvalue weighted by Gasteiger charge is -2.39. The summed E-state index contributed by atoms with van der Waals surface area (Å²) in [5.41, 5.74) is 0. The van der Waals surface area contributed by atoms with Gasteiger partial charge in [-0.15, -0.1) is 0 Å². The highest BCUT2D eigenvalue weighted by Gasteiger charge is 2.43. The standard InChI is InChI=1S/C8H10N2O4/c11-6-1-5(7(12)9-6)10-2-4(3-10)8(13)14/h4-5H,1-3H2,(H,13,14)(H,9,11,12). The fraction of sp³-hybridized carbons (Fsp3) is 0.625. The van der Waals surface area contributed by atoms with Gasteiger partial charge in [-0.25, -0.2) is 0 Å². The van der Waals surface area contributed by atoms with Crippen LogP contribution in [0, 0.1) is 5.92 Å². The van der Waals surface area contributed by atoms with Gasteiger partial charge >= 0.3 is 5.97 Å². The van der Waals surface area contributed by atoms with Crippen LogP contribution in [0.5, 0.6) is 0 Å². The molecule has 76 valence electrons. The minimum absolute atomic E-state index is 0.158. The zero-order valence-corrected chi connectivity index (χ0v) is 7.40. The monoisotopic (exact) mass is 198 g/mol. The van der Waals surface area contributed by atoms with Gasteiger partial charge in [-0.3, -0.25) is 24.6 Å². The van der Waals surface area contributed by atoms with Crippen LogP contribution in [0.25, 0.3) is 0 Å². The maximum Gasteiger partial charge on any atom is 0.309 e. The molecule has 6 nitrogen and oxygen atoms in total. The van der Waals surface area contributed by atoms with Crippen molar-refractivity contribution < 1.29 is 19.5 Å². The summed E-state index contributed by atoms with van der Waals surface area (Å²) in [5, 5.41) is 10.8. The van der Waals surface area contributed by atoms with E-state index in [-0.39, 0.29) is 18.2 Å². The predicted octanol–water partition coefficient (Wildman–Crippen LogP) is -1.58. The number of rotatable bonds is 2. The van der Waals surface area contributed by atoms with Crippen molar-refractivity contribution in [3.63, 3.8) is 0 Å². The van der Waals surface area contributed by atoms with Crippen LogP contribution in [0.4, 0.5) is 0 Å². The Morgan fingerprint density at radius 2 is 2.07 bits per heavy atom. The second-order valence-corrected chi connectivity index (χ2v) is 3.62. The molecule has 2 N–H and O–H groups in total. The smallest absolute Gasteiger partial charge is 0.309 e. The molecule has 1 unspecified atom stereocenters. The summed E-state index contributed by atoms with van der Waals surface area (Å²) in [6.07, 6.45) is 0.158. The maximum absolute atomic E-state index is 11.2. The first-order valence-corrected chi connectivity index (χ1v) is 4.38. The van der Waals surface area contributed by atoms with Gasteiger partial charge in [0.05, 0.1) is 18.4 Å². The molecule has 0 bridgehead atoms. The molecular formula is C8H10N2O4. The highest BCUT2D eigenvalue weighted by molar-refractivity contribution is 6.05. The minimum atomic E-state index is -0.842. The Balaban J connectivity index is 1.91. The van der Waals surface area contributed by atoms with Crippen LogP contribution >= 0.6 is 0 Å². The zero-order chi connectivity index (χ0) is 10.3. The van der Waals surface area contributed by atoms with Gasteiger partial charge in [-0.05, 0) is 0 Å². The molecule has 14 heavy (non-hydrogen) atoms. The van der Waals surface area contributed by atoms with E-state index in [4.69, 9.17) is 5.11 Å². The Morgan fingerprint density at radius 1 is 1.43 bits per heavy atom. The van der Waals surface area contributed by atoms with E-state index in [1.807, 2.05) is 0 Å². The molecule has 0 aromatic carbocycles. The number of carboxylic acid groups (broad SMARTS) is 1. The Bertz CT molecular complexity index is 308. The molecule has 0 spiro atoms. The first kappa shape index (κ1) is 9.14. The van der Waals surface area contributed by atoms with Gasteiger partial charge in [-0.1, -0.05) is 0 Å². The van der Waals surface area contributed by atoms with Gasteiger partial charge in [0, 0.05) is 13.1 Å². The summed E-state index contributed by atoms with van der Waals surface area (Å²) < 4.78 is 0. The van der Waals surface area contributed by atoms with Crippen LogP contribution < -0.4 is 5.32 Å². The van der Waals surface area contributed by atoms with Gasteiger partial charge in [0.15, 0.2) is 0 Å². The maximum atomic E-state index is 11.2. The minimum Gasteiger partial charge on any atom is -0.481 e. The molecule has 2 rings (SSSR count). The lowest BCUT2D eigenvalue weighted by atomic mass is 9.97. The number of amides is 2. The van der Waals surface area contributed by atoms with Gasteiger partial charge < -0.3 is 5.11 Å². The second kappa shape index (κ2) is 3.06. The highest BCUT2D eigenvalue weighted by atomic mass is 16.4. The molecule has 6 heteroatoms. The molecule has 0 aromatic heterocycles. The van der Waals surface area contributed by atoms with Crippen molar-refractivity contribution in [2.45, 2.75) is 12.5 Å². The van der Waals surface area contributed by atoms with Gasteiger partial charge in [0.2, 0.25) is 11.8 Å². The molecule has 1 atom stereocenters. The first-order valence-electron chi connectivity index (χ1n) is 4.38. The number of nitrogens with zero attached hydrogens (tertiary/aromatic N) is 1. The van der Waals surface area contributed by atoms with Crippen LogP contribution in [0.1, 0.15) is 6.42 Å². The number of carboxylic acids is 1. The number of imide groups is 1. The van der Waals surface area contributed by atoms with Crippen LogP contribution in [0.15, 0.2) is 0 Å². The number of hydrogen-bond donors (Lipinski definition) is 2. The summed E-state index contributed by atoms with van der Waals surface area (Å²) in [5.74, 6) is -1.82. The number of carbonyl (C=O) groups excluding carboxylic acids is 2. The molecular weight excluding hydrogens is 188 g/mol. The Hall–Kier alpha value is -1.43. The summed E-state index contributed by atoms with van der Waals surface area (Å²) in [7, 11) is 0. The van der Waals surface area contributed by atoms with Gasteiger partial charge in [0.1, 0.15) is 0 Å². The molecule has 0 aromatic rings. The fourth-order valence-corrected chi connectivity index (χ4v) is 1.76. The third-order valence-corrected chi connectivity index (χ3v) is 2.64.